The molecule has 3 aromatic rings. The van der Waals surface area contributed by atoms with Crippen LogP contribution in [-0.4, -0.2) is 76.3 Å². The van der Waals surface area contributed by atoms with E-state index >= 15 is 0 Å². The normalized spacial score (nSPS) is 14.0. The summed E-state index contributed by atoms with van der Waals surface area (Å²) >= 11 is 0. The number of hydrogen-bond acceptors (Lipinski definition) is 8. The van der Waals surface area contributed by atoms with E-state index in [2.05, 4.69) is 20.0 Å². The van der Waals surface area contributed by atoms with E-state index in [1.54, 1.807) is 12.0 Å². The Kier molecular flexibility index (Phi) is 5.96. The van der Waals surface area contributed by atoms with Crippen LogP contribution in [-0.2, 0) is 16.0 Å². The number of nitrogens with zero attached hydrogens (tertiary/aromatic N) is 6. The molecule has 0 atom stereocenters. The standard InChI is InChI=1S/C21H24N6O4/c1-3-18-17(12-22-21-23-14-24-27(18)21)20(29)31-13-19(28)26-10-8-25(9-11-26)15-4-6-16(30-2)7-5-15/h4-7,12,14H,3,8-11,13H2,1-2H3. The monoisotopic (exact) mass is 424 g/mol. The van der Waals surface area contributed by atoms with E-state index in [-0.39, 0.29) is 18.1 Å². The van der Waals surface area contributed by atoms with Crippen LogP contribution in [0.4, 0.5) is 5.69 Å². The SMILES string of the molecule is CCc1c(C(=O)OCC(=O)N2CCN(c3ccc(OC)cc3)CC2)cnc2ncnn12. The minimum atomic E-state index is -0.591. The number of fused-ring (bicyclic) bond motifs is 1. The Bertz CT molecular complexity index is 1070. The van der Waals surface area contributed by atoms with Crippen molar-refractivity contribution in [3.63, 3.8) is 0 Å². The Hall–Kier alpha value is -3.69. The van der Waals surface area contributed by atoms with Gasteiger partial charge in [0.15, 0.2) is 6.61 Å². The molecule has 0 N–H and O–H groups in total. The predicted octanol–water partition coefficient (Wildman–Crippen LogP) is 1.20. The van der Waals surface area contributed by atoms with Gasteiger partial charge in [-0.2, -0.15) is 10.1 Å². The molecule has 1 aliphatic heterocycles. The molecule has 31 heavy (non-hydrogen) atoms. The number of amides is 1. The number of benzene rings is 1. The fourth-order valence-corrected chi connectivity index (χ4v) is 3.64. The lowest BCUT2D eigenvalue weighted by molar-refractivity contribution is -0.134. The first kappa shape index (κ1) is 20.6. The average Bonchev–Trinajstić information content (AvgIpc) is 3.31. The summed E-state index contributed by atoms with van der Waals surface area (Å²) in [6, 6.07) is 7.84. The lowest BCUT2D eigenvalue weighted by Gasteiger charge is -2.36. The summed E-state index contributed by atoms with van der Waals surface area (Å²) in [4.78, 5) is 37.2. The number of ether oxygens (including phenoxy) is 2. The Morgan fingerprint density at radius 2 is 1.81 bits per heavy atom. The quantitative estimate of drug-likeness (QED) is 0.544. The minimum absolute atomic E-state index is 0.212. The number of rotatable bonds is 6. The maximum absolute atomic E-state index is 12.6. The fraction of sp³-hybridized carbons (Fsp3) is 0.381. The zero-order chi connectivity index (χ0) is 21.8. The number of aromatic nitrogens is 4. The molecule has 2 aromatic heterocycles. The molecular weight excluding hydrogens is 400 g/mol. The van der Waals surface area contributed by atoms with Crippen LogP contribution in [0.5, 0.6) is 5.75 Å². The molecule has 1 aliphatic rings. The summed E-state index contributed by atoms with van der Waals surface area (Å²) in [5, 5.41) is 4.09. The molecule has 10 nitrogen and oxygen atoms in total. The Morgan fingerprint density at radius 3 is 2.48 bits per heavy atom. The van der Waals surface area contributed by atoms with E-state index in [9.17, 15) is 9.59 Å². The van der Waals surface area contributed by atoms with Crippen LogP contribution in [0.3, 0.4) is 0 Å². The van der Waals surface area contributed by atoms with Gasteiger partial charge in [-0.25, -0.2) is 14.3 Å². The summed E-state index contributed by atoms with van der Waals surface area (Å²) in [6.07, 6.45) is 3.35. The van der Waals surface area contributed by atoms with Gasteiger partial charge in [0.05, 0.1) is 18.4 Å². The highest BCUT2D eigenvalue weighted by molar-refractivity contribution is 5.92. The van der Waals surface area contributed by atoms with Crippen LogP contribution in [0.15, 0.2) is 36.8 Å². The second kappa shape index (κ2) is 8.99. The zero-order valence-corrected chi connectivity index (χ0v) is 17.5. The van der Waals surface area contributed by atoms with Gasteiger partial charge in [0.2, 0.25) is 0 Å². The van der Waals surface area contributed by atoms with Gasteiger partial charge >= 0.3 is 5.97 Å². The molecule has 0 bridgehead atoms. The molecule has 0 aliphatic carbocycles. The summed E-state index contributed by atoms with van der Waals surface area (Å²) in [7, 11) is 1.64. The number of aryl methyl sites for hydroxylation is 1. The van der Waals surface area contributed by atoms with Crippen molar-refractivity contribution in [3.05, 3.63) is 48.0 Å². The predicted molar refractivity (Wildman–Crippen MR) is 112 cm³/mol. The molecule has 0 saturated carbocycles. The number of piperazine rings is 1. The van der Waals surface area contributed by atoms with Crippen LogP contribution in [0.25, 0.3) is 5.78 Å². The zero-order valence-electron chi connectivity index (χ0n) is 17.5. The molecular formula is C21H24N6O4. The van der Waals surface area contributed by atoms with Crippen LogP contribution in [0, 0.1) is 0 Å². The van der Waals surface area contributed by atoms with Crippen molar-refractivity contribution >= 4 is 23.3 Å². The summed E-state index contributed by atoms with van der Waals surface area (Å²) < 4.78 is 12.0. The molecule has 162 valence electrons. The van der Waals surface area contributed by atoms with E-state index in [1.807, 2.05) is 31.2 Å². The highest BCUT2D eigenvalue weighted by atomic mass is 16.5. The molecule has 1 aromatic carbocycles. The maximum Gasteiger partial charge on any atom is 0.342 e. The Morgan fingerprint density at radius 1 is 1.06 bits per heavy atom. The molecule has 4 rings (SSSR count). The molecule has 1 saturated heterocycles. The van der Waals surface area contributed by atoms with Crippen LogP contribution >= 0.6 is 0 Å². The number of esters is 1. The highest BCUT2D eigenvalue weighted by Gasteiger charge is 2.23. The maximum atomic E-state index is 12.6. The van der Waals surface area contributed by atoms with Gasteiger partial charge in [-0.3, -0.25) is 4.79 Å². The van der Waals surface area contributed by atoms with E-state index < -0.39 is 5.97 Å². The van der Waals surface area contributed by atoms with E-state index in [1.165, 1.54) is 17.0 Å². The minimum Gasteiger partial charge on any atom is -0.497 e. The first-order valence-corrected chi connectivity index (χ1v) is 10.1. The topological polar surface area (TPSA) is 102 Å². The summed E-state index contributed by atoms with van der Waals surface area (Å²) in [5.41, 5.74) is 2.02. The largest absolute Gasteiger partial charge is 0.497 e. The molecule has 3 heterocycles. The van der Waals surface area contributed by atoms with E-state index in [4.69, 9.17) is 9.47 Å². The molecule has 0 radical (unpaired) electrons. The van der Waals surface area contributed by atoms with Crippen molar-refractivity contribution in [3.8, 4) is 5.75 Å². The summed E-state index contributed by atoms with van der Waals surface area (Å²) in [5.74, 6) is 0.422. The molecule has 0 spiro atoms. The first-order valence-electron chi connectivity index (χ1n) is 10.1. The third-order valence-corrected chi connectivity index (χ3v) is 5.36. The molecule has 10 heteroatoms. The Balaban J connectivity index is 1.32. The lowest BCUT2D eigenvalue weighted by atomic mass is 10.2. The van der Waals surface area contributed by atoms with Gasteiger partial charge in [-0.05, 0) is 30.7 Å². The first-order chi connectivity index (χ1) is 15.1. The van der Waals surface area contributed by atoms with Crippen LogP contribution in [0.1, 0.15) is 23.0 Å². The van der Waals surface area contributed by atoms with Crippen molar-refractivity contribution in [1.82, 2.24) is 24.5 Å². The van der Waals surface area contributed by atoms with Crippen molar-refractivity contribution in [1.29, 1.82) is 0 Å². The summed E-state index contributed by atoms with van der Waals surface area (Å²) in [6.45, 7) is 4.14. The molecule has 1 amide bonds. The van der Waals surface area contributed by atoms with Gasteiger partial charge in [0.1, 0.15) is 12.1 Å². The van der Waals surface area contributed by atoms with E-state index in [0.29, 0.717) is 44.1 Å². The van der Waals surface area contributed by atoms with Crippen molar-refractivity contribution in [2.75, 3.05) is 44.8 Å². The van der Waals surface area contributed by atoms with Gasteiger partial charge in [0.25, 0.3) is 11.7 Å². The van der Waals surface area contributed by atoms with Gasteiger partial charge in [0, 0.05) is 38.1 Å². The number of methoxy groups -OCH3 is 1. The number of hydrogen-bond donors (Lipinski definition) is 0. The van der Waals surface area contributed by atoms with Crippen molar-refractivity contribution < 1.29 is 19.1 Å². The van der Waals surface area contributed by atoms with Crippen LogP contribution < -0.4 is 9.64 Å². The van der Waals surface area contributed by atoms with Gasteiger partial charge in [-0.15, -0.1) is 0 Å². The number of anilines is 1. The van der Waals surface area contributed by atoms with Crippen molar-refractivity contribution in [2.45, 2.75) is 13.3 Å². The highest BCUT2D eigenvalue weighted by Crippen LogP contribution is 2.20. The van der Waals surface area contributed by atoms with Crippen molar-refractivity contribution in [2.24, 2.45) is 0 Å². The van der Waals surface area contributed by atoms with Gasteiger partial charge < -0.3 is 19.3 Å². The van der Waals surface area contributed by atoms with E-state index in [0.717, 1.165) is 11.4 Å². The molecule has 1 fully saturated rings. The third-order valence-electron chi connectivity index (χ3n) is 5.36. The Labute approximate surface area is 179 Å². The number of carbonyl (C=O) groups excluding carboxylic acids is 2. The van der Waals surface area contributed by atoms with Crippen LogP contribution in [0.2, 0.25) is 0 Å². The third kappa shape index (κ3) is 4.27. The second-order valence-electron chi connectivity index (χ2n) is 7.09. The fourth-order valence-electron chi connectivity index (χ4n) is 3.64. The number of carbonyl (C=O) groups is 2. The lowest BCUT2D eigenvalue weighted by Crippen LogP contribution is -2.49. The smallest absolute Gasteiger partial charge is 0.342 e. The molecule has 0 unspecified atom stereocenters. The second-order valence-corrected chi connectivity index (χ2v) is 7.09. The van der Waals surface area contributed by atoms with Gasteiger partial charge in [-0.1, -0.05) is 6.92 Å². The average molecular weight is 424 g/mol.